The molecule has 1 aliphatic heterocycles. The van der Waals surface area contributed by atoms with Crippen molar-refractivity contribution in [3.63, 3.8) is 0 Å². The van der Waals surface area contributed by atoms with E-state index in [1.807, 2.05) is 7.05 Å². The van der Waals surface area contributed by atoms with Crippen molar-refractivity contribution >= 4 is 29.9 Å². The van der Waals surface area contributed by atoms with Gasteiger partial charge in [0.2, 0.25) is 0 Å². The summed E-state index contributed by atoms with van der Waals surface area (Å²) >= 11 is 0. The molecule has 0 aromatic heterocycles. The lowest BCUT2D eigenvalue weighted by atomic mass is 9.78. The molecular weight excluding hydrogens is 425 g/mol. The van der Waals surface area contributed by atoms with E-state index in [1.54, 1.807) is 0 Å². The van der Waals surface area contributed by atoms with Gasteiger partial charge in [0.05, 0.1) is 6.10 Å². The van der Waals surface area contributed by atoms with E-state index in [2.05, 4.69) is 67.6 Å². The lowest BCUT2D eigenvalue weighted by molar-refractivity contribution is -0.0835. The summed E-state index contributed by atoms with van der Waals surface area (Å²) in [5.41, 5.74) is 2.72. The maximum atomic E-state index is 6.06. The Hall–Kier alpha value is -0.820. The fourth-order valence-corrected chi connectivity index (χ4v) is 3.35. The van der Waals surface area contributed by atoms with Crippen LogP contribution in [0.5, 0.6) is 0 Å². The molecule has 1 aromatic rings. The first-order valence-corrected chi connectivity index (χ1v) is 9.02. The van der Waals surface area contributed by atoms with Crippen molar-refractivity contribution in [2.45, 2.75) is 53.2 Å². The quantitative estimate of drug-likeness (QED) is 0.405. The van der Waals surface area contributed by atoms with Gasteiger partial charge in [0, 0.05) is 32.7 Å². The summed E-state index contributed by atoms with van der Waals surface area (Å²) in [6, 6.07) is 8.58. The van der Waals surface area contributed by atoms with Gasteiger partial charge < -0.3 is 15.4 Å². The molecule has 1 aromatic carbocycles. The second kappa shape index (κ2) is 10.4. The number of hydrogen-bond donors (Lipinski definition) is 2. The molecule has 0 bridgehead atoms. The Morgan fingerprint density at radius 2 is 1.88 bits per heavy atom. The number of nitrogens with one attached hydrogen (secondary N) is 2. The third-order valence-corrected chi connectivity index (χ3v) is 4.63. The molecule has 1 aliphatic rings. The summed E-state index contributed by atoms with van der Waals surface area (Å²) in [6.07, 6.45) is 2.66. The molecule has 0 spiro atoms. The first kappa shape index (κ1) is 22.2. The van der Waals surface area contributed by atoms with Crippen molar-refractivity contribution < 1.29 is 4.74 Å². The number of benzene rings is 1. The standard InChI is InChI=1S/C20H33N3O.HI/c1-15-8-10-16(11-9-15)13-22-19(21-5)23-14-17-7-6-12-24-18(17)20(2,3)4;/h8-11,17-18H,6-7,12-14H2,1-5H3,(H2,21,22,23);1H. The molecule has 0 saturated carbocycles. The molecule has 2 rings (SSSR count). The molecule has 2 N–H and O–H groups in total. The van der Waals surface area contributed by atoms with Gasteiger partial charge in [0.25, 0.3) is 0 Å². The lowest BCUT2D eigenvalue weighted by Gasteiger charge is -2.40. The van der Waals surface area contributed by atoms with Crippen LogP contribution in [0.3, 0.4) is 0 Å². The lowest BCUT2D eigenvalue weighted by Crippen LogP contribution is -2.47. The smallest absolute Gasteiger partial charge is 0.191 e. The zero-order valence-electron chi connectivity index (χ0n) is 16.3. The third kappa shape index (κ3) is 7.13. The van der Waals surface area contributed by atoms with Gasteiger partial charge in [-0.05, 0) is 30.7 Å². The average Bonchev–Trinajstić information content (AvgIpc) is 2.56. The van der Waals surface area contributed by atoms with Gasteiger partial charge in [-0.25, -0.2) is 0 Å². The Balaban J connectivity index is 0.00000312. The SMILES string of the molecule is CN=C(NCc1ccc(C)cc1)NCC1CCCOC1C(C)(C)C.I. The van der Waals surface area contributed by atoms with Crippen LogP contribution >= 0.6 is 24.0 Å². The fourth-order valence-electron chi connectivity index (χ4n) is 3.35. The fraction of sp³-hybridized carbons (Fsp3) is 0.650. The molecule has 0 radical (unpaired) electrons. The van der Waals surface area contributed by atoms with E-state index in [-0.39, 0.29) is 29.4 Å². The zero-order valence-corrected chi connectivity index (χ0v) is 18.6. The van der Waals surface area contributed by atoms with Crippen LogP contribution in [0.15, 0.2) is 29.3 Å². The van der Waals surface area contributed by atoms with Crippen LogP contribution in [0.25, 0.3) is 0 Å². The molecule has 2 unspecified atom stereocenters. The zero-order chi connectivity index (χ0) is 17.6. The maximum absolute atomic E-state index is 6.06. The van der Waals surface area contributed by atoms with Gasteiger partial charge in [0.15, 0.2) is 5.96 Å². The van der Waals surface area contributed by atoms with E-state index in [1.165, 1.54) is 17.5 Å². The average molecular weight is 459 g/mol. The normalized spacial score (nSPS) is 21.4. The van der Waals surface area contributed by atoms with E-state index in [0.29, 0.717) is 12.0 Å². The minimum Gasteiger partial charge on any atom is -0.377 e. The van der Waals surface area contributed by atoms with Gasteiger partial charge >= 0.3 is 0 Å². The summed E-state index contributed by atoms with van der Waals surface area (Å²) in [5.74, 6) is 1.38. The molecule has 1 saturated heterocycles. The highest BCUT2D eigenvalue weighted by molar-refractivity contribution is 14.0. The number of aryl methyl sites for hydroxylation is 1. The third-order valence-electron chi connectivity index (χ3n) is 4.63. The molecule has 25 heavy (non-hydrogen) atoms. The van der Waals surface area contributed by atoms with Crippen molar-refractivity contribution in [2.24, 2.45) is 16.3 Å². The Labute approximate surface area is 170 Å². The molecule has 4 nitrogen and oxygen atoms in total. The van der Waals surface area contributed by atoms with Crippen LogP contribution in [-0.2, 0) is 11.3 Å². The van der Waals surface area contributed by atoms with Gasteiger partial charge in [-0.1, -0.05) is 50.6 Å². The molecule has 0 amide bonds. The van der Waals surface area contributed by atoms with Gasteiger partial charge in [0.1, 0.15) is 0 Å². The minimum atomic E-state index is 0. The van der Waals surface area contributed by atoms with Crippen LogP contribution in [-0.4, -0.2) is 32.3 Å². The number of hydrogen-bond acceptors (Lipinski definition) is 2. The monoisotopic (exact) mass is 459 g/mol. The van der Waals surface area contributed by atoms with E-state index in [9.17, 15) is 0 Å². The van der Waals surface area contributed by atoms with E-state index < -0.39 is 0 Å². The van der Waals surface area contributed by atoms with Crippen LogP contribution in [0.1, 0.15) is 44.7 Å². The first-order chi connectivity index (χ1) is 11.4. The van der Waals surface area contributed by atoms with Crippen molar-refractivity contribution in [3.8, 4) is 0 Å². The predicted molar refractivity (Wildman–Crippen MR) is 117 cm³/mol. The summed E-state index contributed by atoms with van der Waals surface area (Å²) in [5, 5.41) is 6.88. The molecule has 2 atom stereocenters. The second-order valence-electron chi connectivity index (χ2n) is 7.85. The summed E-state index contributed by atoms with van der Waals surface area (Å²) < 4.78 is 6.06. The van der Waals surface area contributed by atoms with Crippen LogP contribution in [0.2, 0.25) is 0 Å². The molecule has 1 fully saturated rings. The van der Waals surface area contributed by atoms with Crippen molar-refractivity contribution in [1.82, 2.24) is 10.6 Å². The van der Waals surface area contributed by atoms with Crippen molar-refractivity contribution in [2.75, 3.05) is 20.2 Å². The molecular formula is C20H34IN3O. The van der Waals surface area contributed by atoms with Crippen molar-refractivity contribution in [1.29, 1.82) is 0 Å². The number of rotatable bonds is 4. The van der Waals surface area contributed by atoms with E-state index in [0.717, 1.165) is 32.1 Å². The summed E-state index contributed by atoms with van der Waals surface area (Å²) in [6.45, 7) is 11.5. The van der Waals surface area contributed by atoms with Crippen LogP contribution < -0.4 is 10.6 Å². The maximum Gasteiger partial charge on any atom is 0.191 e. The molecule has 142 valence electrons. The van der Waals surface area contributed by atoms with Gasteiger partial charge in [-0.2, -0.15) is 0 Å². The molecule has 5 heteroatoms. The van der Waals surface area contributed by atoms with Gasteiger partial charge in [-0.3, -0.25) is 4.99 Å². The van der Waals surface area contributed by atoms with E-state index >= 15 is 0 Å². The summed E-state index contributed by atoms with van der Waals surface area (Å²) in [4.78, 5) is 4.35. The topological polar surface area (TPSA) is 45.7 Å². The first-order valence-electron chi connectivity index (χ1n) is 9.02. The number of nitrogens with zero attached hydrogens (tertiary/aromatic N) is 1. The Morgan fingerprint density at radius 1 is 1.20 bits per heavy atom. The highest BCUT2D eigenvalue weighted by atomic mass is 127. The number of guanidine groups is 1. The second-order valence-corrected chi connectivity index (χ2v) is 7.85. The van der Waals surface area contributed by atoms with Crippen LogP contribution in [0.4, 0.5) is 0 Å². The number of aliphatic imine (C=N–C) groups is 1. The minimum absolute atomic E-state index is 0. The largest absolute Gasteiger partial charge is 0.377 e. The van der Waals surface area contributed by atoms with E-state index in [4.69, 9.17) is 4.74 Å². The Bertz CT molecular complexity index is 537. The molecule has 1 heterocycles. The molecule has 0 aliphatic carbocycles. The summed E-state index contributed by atoms with van der Waals surface area (Å²) in [7, 11) is 1.82. The van der Waals surface area contributed by atoms with Gasteiger partial charge in [-0.15, -0.1) is 24.0 Å². The Kier molecular flexibility index (Phi) is 9.21. The van der Waals surface area contributed by atoms with Crippen molar-refractivity contribution in [3.05, 3.63) is 35.4 Å². The highest BCUT2D eigenvalue weighted by Crippen LogP contribution is 2.33. The predicted octanol–water partition coefficient (Wildman–Crippen LogP) is 4.12. The Morgan fingerprint density at radius 3 is 2.48 bits per heavy atom. The van der Waals surface area contributed by atoms with Crippen LogP contribution in [0, 0.1) is 18.3 Å². The highest BCUT2D eigenvalue weighted by Gasteiger charge is 2.35. The number of ether oxygens (including phenoxy) is 1. The number of halogens is 1.